The van der Waals surface area contributed by atoms with Gasteiger partial charge in [0.2, 0.25) is 0 Å². The number of halogens is 1. The first-order valence-electron chi connectivity index (χ1n) is 6.90. The molecule has 2 rings (SSSR count). The lowest BCUT2D eigenvalue weighted by atomic mass is 10.2. The van der Waals surface area contributed by atoms with Crippen LogP contribution in [0.1, 0.15) is 16.7 Å². The summed E-state index contributed by atoms with van der Waals surface area (Å²) in [5.41, 5.74) is 0. The molecule has 0 aliphatic carbocycles. The first-order chi connectivity index (χ1) is 10.5. The third-order valence-electron chi connectivity index (χ3n) is 3.31. The fourth-order valence-electron chi connectivity index (χ4n) is 2.08. The molecule has 22 heavy (non-hydrogen) atoms. The van der Waals surface area contributed by atoms with Crippen LogP contribution >= 0.6 is 22.9 Å². The summed E-state index contributed by atoms with van der Waals surface area (Å²) in [6.45, 7) is 1.02. The zero-order valence-electron chi connectivity index (χ0n) is 12.9. The highest BCUT2D eigenvalue weighted by Gasteiger charge is 2.19. The third kappa shape index (κ3) is 4.50. The first kappa shape index (κ1) is 16.9. The molecule has 0 radical (unpaired) electrons. The van der Waals surface area contributed by atoms with Gasteiger partial charge in [0.15, 0.2) is 0 Å². The van der Waals surface area contributed by atoms with Gasteiger partial charge in [-0.2, -0.15) is 0 Å². The Bertz CT molecular complexity index is 598. The predicted octanol–water partition coefficient (Wildman–Crippen LogP) is 3.44. The Labute approximate surface area is 139 Å². The fourth-order valence-corrected chi connectivity index (χ4v) is 3.22. The summed E-state index contributed by atoms with van der Waals surface area (Å²) >= 11 is 7.38. The number of amides is 2. The highest BCUT2D eigenvalue weighted by molar-refractivity contribution is 7.16. The highest BCUT2D eigenvalue weighted by atomic mass is 35.5. The summed E-state index contributed by atoms with van der Waals surface area (Å²) in [4.78, 5) is 16.9. The average Bonchev–Trinajstić information content (AvgIpc) is 3.10. The van der Waals surface area contributed by atoms with E-state index in [0.29, 0.717) is 13.1 Å². The molecular formula is C15H20ClN3O2S. The number of hydrogen-bond donors (Lipinski definition) is 1. The van der Waals surface area contributed by atoms with Gasteiger partial charge in [-0.15, -0.1) is 11.3 Å². The second kappa shape index (κ2) is 7.67. The molecule has 2 aromatic rings. The quantitative estimate of drug-likeness (QED) is 0.875. The van der Waals surface area contributed by atoms with Crippen molar-refractivity contribution in [1.82, 2.24) is 15.1 Å². The van der Waals surface area contributed by atoms with Crippen LogP contribution in [0.25, 0.3) is 0 Å². The molecule has 2 heterocycles. The number of carbonyl (C=O) groups excluding carboxylic acids is 1. The van der Waals surface area contributed by atoms with Gasteiger partial charge in [0.1, 0.15) is 5.76 Å². The molecular weight excluding hydrogens is 322 g/mol. The van der Waals surface area contributed by atoms with E-state index in [4.69, 9.17) is 16.0 Å². The number of urea groups is 1. The predicted molar refractivity (Wildman–Crippen MR) is 89.3 cm³/mol. The van der Waals surface area contributed by atoms with Gasteiger partial charge >= 0.3 is 6.03 Å². The van der Waals surface area contributed by atoms with Crippen molar-refractivity contribution in [3.8, 4) is 0 Å². The molecule has 2 aromatic heterocycles. The summed E-state index contributed by atoms with van der Waals surface area (Å²) in [5.74, 6) is 0.831. The van der Waals surface area contributed by atoms with Gasteiger partial charge in [0, 0.05) is 18.5 Å². The number of furan rings is 1. The third-order valence-corrected chi connectivity index (χ3v) is 4.53. The Morgan fingerprint density at radius 1 is 1.36 bits per heavy atom. The average molecular weight is 342 g/mol. The van der Waals surface area contributed by atoms with Crippen molar-refractivity contribution in [2.24, 2.45) is 0 Å². The van der Waals surface area contributed by atoms with Crippen LogP contribution < -0.4 is 5.32 Å². The maximum absolute atomic E-state index is 12.2. The Balaban J connectivity index is 1.88. The van der Waals surface area contributed by atoms with Gasteiger partial charge in [-0.1, -0.05) is 11.6 Å². The molecule has 5 nitrogen and oxygen atoms in total. The highest BCUT2D eigenvalue weighted by Crippen LogP contribution is 2.22. The standard InChI is InChI=1S/C15H20ClN3O2S/c1-18(2)12(13-5-4-8-21-13)9-17-15(20)19(3)10-11-6-7-14(16)22-11/h4-8,12H,9-10H2,1-3H3,(H,17,20). The molecule has 1 atom stereocenters. The van der Waals surface area contributed by atoms with Crippen molar-refractivity contribution < 1.29 is 9.21 Å². The number of thiophene rings is 1. The monoisotopic (exact) mass is 341 g/mol. The Morgan fingerprint density at radius 2 is 2.14 bits per heavy atom. The molecule has 0 aliphatic heterocycles. The van der Waals surface area contributed by atoms with E-state index in [1.54, 1.807) is 18.2 Å². The van der Waals surface area contributed by atoms with Crippen LogP contribution in [-0.2, 0) is 6.54 Å². The summed E-state index contributed by atoms with van der Waals surface area (Å²) in [6.07, 6.45) is 1.64. The minimum atomic E-state index is -0.122. The lowest BCUT2D eigenvalue weighted by molar-refractivity contribution is 0.197. The Kier molecular flexibility index (Phi) is 5.88. The smallest absolute Gasteiger partial charge is 0.317 e. The van der Waals surface area contributed by atoms with E-state index in [1.165, 1.54) is 11.3 Å². The van der Waals surface area contributed by atoms with E-state index in [9.17, 15) is 4.79 Å². The second-order valence-corrected chi connectivity index (χ2v) is 7.04. The van der Waals surface area contributed by atoms with Crippen LogP contribution in [-0.4, -0.2) is 43.5 Å². The molecule has 0 fully saturated rings. The number of rotatable bonds is 6. The molecule has 7 heteroatoms. The van der Waals surface area contributed by atoms with Crippen molar-refractivity contribution in [3.63, 3.8) is 0 Å². The van der Waals surface area contributed by atoms with Crippen LogP contribution in [0, 0.1) is 0 Å². The van der Waals surface area contributed by atoms with Gasteiger partial charge < -0.3 is 14.6 Å². The van der Waals surface area contributed by atoms with E-state index in [2.05, 4.69) is 5.32 Å². The number of likely N-dealkylation sites (N-methyl/N-ethyl adjacent to an activating group) is 1. The number of nitrogens with one attached hydrogen (secondary N) is 1. The van der Waals surface area contributed by atoms with Crippen molar-refractivity contribution in [3.05, 3.63) is 45.5 Å². The summed E-state index contributed by atoms with van der Waals surface area (Å²) < 4.78 is 6.16. The zero-order chi connectivity index (χ0) is 16.1. The van der Waals surface area contributed by atoms with Crippen molar-refractivity contribution in [2.45, 2.75) is 12.6 Å². The molecule has 120 valence electrons. The van der Waals surface area contributed by atoms with E-state index in [-0.39, 0.29) is 12.1 Å². The molecule has 0 saturated heterocycles. The van der Waals surface area contributed by atoms with Crippen molar-refractivity contribution in [2.75, 3.05) is 27.7 Å². The maximum atomic E-state index is 12.2. The first-order valence-corrected chi connectivity index (χ1v) is 8.10. The van der Waals surface area contributed by atoms with Crippen LogP contribution in [0.3, 0.4) is 0 Å². The fraction of sp³-hybridized carbons (Fsp3) is 0.400. The second-order valence-electron chi connectivity index (χ2n) is 5.24. The molecule has 0 aliphatic rings. The molecule has 0 spiro atoms. The lowest BCUT2D eigenvalue weighted by Crippen LogP contribution is -2.41. The topological polar surface area (TPSA) is 48.7 Å². The van der Waals surface area contributed by atoms with E-state index in [1.807, 2.05) is 43.3 Å². The number of nitrogens with zero attached hydrogens (tertiary/aromatic N) is 2. The molecule has 1 N–H and O–H groups in total. The van der Waals surface area contributed by atoms with E-state index in [0.717, 1.165) is 15.0 Å². The number of carbonyl (C=O) groups is 1. The van der Waals surface area contributed by atoms with Crippen molar-refractivity contribution >= 4 is 29.0 Å². The minimum Gasteiger partial charge on any atom is -0.468 e. The zero-order valence-corrected chi connectivity index (χ0v) is 14.4. The molecule has 0 bridgehead atoms. The van der Waals surface area contributed by atoms with Gasteiger partial charge in [-0.25, -0.2) is 4.79 Å². The van der Waals surface area contributed by atoms with Crippen LogP contribution in [0.2, 0.25) is 4.34 Å². The SMILES string of the molecule is CN(Cc1ccc(Cl)s1)C(=O)NCC(c1ccco1)N(C)C. The van der Waals surface area contributed by atoms with Gasteiger partial charge in [0.05, 0.1) is 23.2 Å². The number of hydrogen-bond acceptors (Lipinski definition) is 4. The Morgan fingerprint density at radius 3 is 2.68 bits per heavy atom. The molecule has 1 unspecified atom stereocenters. The van der Waals surface area contributed by atoms with Crippen LogP contribution in [0.4, 0.5) is 4.79 Å². The summed E-state index contributed by atoms with van der Waals surface area (Å²) in [6, 6.07) is 7.41. The molecule has 0 aromatic carbocycles. The van der Waals surface area contributed by atoms with E-state index >= 15 is 0 Å². The summed E-state index contributed by atoms with van der Waals surface area (Å²) in [5, 5.41) is 2.94. The maximum Gasteiger partial charge on any atom is 0.317 e. The van der Waals surface area contributed by atoms with Crippen molar-refractivity contribution in [1.29, 1.82) is 0 Å². The van der Waals surface area contributed by atoms with Crippen LogP contribution in [0.15, 0.2) is 34.9 Å². The lowest BCUT2D eigenvalue weighted by Gasteiger charge is -2.24. The van der Waals surface area contributed by atoms with E-state index < -0.39 is 0 Å². The molecule has 0 saturated carbocycles. The minimum absolute atomic E-state index is 0.00327. The Hall–Kier alpha value is -1.50. The van der Waals surface area contributed by atoms with Crippen LogP contribution in [0.5, 0.6) is 0 Å². The summed E-state index contributed by atoms with van der Waals surface area (Å²) in [7, 11) is 5.67. The normalized spacial score (nSPS) is 12.4. The largest absolute Gasteiger partial charge is 0.468 e. The van der Waals surface area contributed by atoms with Gasteiger partial charge in [-0.3, -0.25) is 4.90 Å². The van der Waals surface area contributed by atoms with Gasteiger partial charge in [-0.05, 0) is 38.4 Å². The molecule has 2 amide bonds. The van der Waals surface area contributed by atoms with Gasteiger partial charge in [0.25, 0.3) is 0 Å².